The first-order chi connectivity index (χ1) is 5.74. The fraction of sp³-hybridized carbons (Fsp3) is 0.429. The number of carbonyl (C=O) groups is 1. The second-order valence-electron chi connectivity index (χ2n) is 2.51. The lowest BCUT2D eigenvalue weighted by Crippen LogP contribution is -2.17. The van der Waals surface area contributed by atoms with Gasteiger partial charge < -0.3 is 10.5 Å². The Morgan fingerprint density at radius 3 is 3.17 bits per heavy atom. The highest BCUT2D eigenvalue weighted by atomic mass is 16.5. The number of carbonyl (C=O) groups excluding carboxylic acids is 1. The summed E-state index contributed by atoms with van der Waals surface area (Å²) in [5.74, 6) is 0. The number of hydrogen-bond donors (Lipinski definition) is 2. The molecular weight excluding hydrogens is 158 g/mol. The van der Waals surface area contributed by atoms with Crippen LogP contribution in [0.1, 0.15) is 17.4 Å². The number of aromatic nitrogens is 2. The molecule has 0 spiro atoms. The van der Waals surface area contributed by atoms with Crippen molar-refractivity contribution in [3.8, 4) is 0 Å². The first-order valence-corrected chi connectivity index (χ1v) is 3.56. The van der Waals surface area contributed by atoms with Gasteiger partial charge in [-0.05, 0) is 13.0 Å². The van der Waals surface area contributed by atoms with Crippen LogP contribution in [-0.2, 0) is 9.53 Å². The summed E-state index contributed by atoms with van der Waals surface area (Å²) in [5.41, 5.74) is 7.27. The summed E-state index contributed by atoms with van der Waals surface area (Å²) in [5, 5.41) is 6.67. The van der Waals surface area contributed by atoms with Crippen LogP contribution in [0.5, 0.6) is 0 Å². The van der Waals surface area contributed by atoms with Crippen molar-refractivity contribution >= 4 is 6.47 Å². The summed E-state index contributed by atoms with van der Waals surface area (Å²) >= 11 is 0. The molecule has 5 heteroatoms. The molecule has 1 aromatic rings. The van der Waals surface area contributed by atoms with E-state index in [1.54, 1.807) is 0 Å². The molecule has 1 unspecified atom stereocenters. The zero-order valence-electron chi connectivity index (χ0n) is 6.78. The highest BCUT2D eigenvalue weighted by molar-refractivity contribution is 5.37. The van der Waals surface area contributed by atoms with E-state index in [0.717, 1.165) is 5.69 Å². The Labute approximate surface area is 69.9 Å². The maximum Gasteiger partial charge on any atom is 0.293 e. The number of aryl methyl sites for hydroxylation is 1. The molecule has 3 N–H and O–H groups in total. The molecule has 0 aliphatic rings. The number of aromatic amines is 1. The van der Waals surface area contributed by atoms with E-state index >= 15 is 0 Å². The maximum atomic E-state index is 9.84. The maximum absolute atomic E-state index is 9.84. The highest BCUT2D eigenvalue weighted by Crippen LogP contribution is 2.07. The van der Waals surface area contributed by atoms with Gasteiger partial charge in [-0.1, -0.05) is 0 Å². The average Bonchev–Trinajstić information content (AvgIpc) is 2.47. The highest BCUT2D eigenvalue weighted by Gasteiger charge is 2.08. The van der Waals surface area contributed by atoms with Gasteiger partial charge in [-0.25, -0.2) is 0 Å². The average molecular weight is 169 g/mol. The van der Waals surface area contributed by atoms with Crippen LogP contribution in [0.2, 0.25) is 0 Å². The van der Waals surface area contributed by atoms with Gasteiger partial charge >= 0.3 is 0 Å². The van der Waals surface area contributed by atoms with Gasteiger partial charge in [0.15, 0.2) is 0 Å². The van der Waals surface area contributed by atoms with Gasteiger partial charge in [0.2, 0.25) is 0 Å². The van der Waals surface area contributed by atoms with Gasteiger partial charge in [-0.15, -0.1) is 0 Å². The lowest BCUT2D eigenvalue weighted by atomic mass is 10.2. The Morgan fingerprint density at radius 2 is 2.67 bits per heavy atom. The largest absolute Gasteiger partial charge is 0.466 e. The summed E-state index contributed by atoms with van der Waals surface area (Å²) in [6.07, 6.45) is 0. The summed E-state index contributed by atoms with van der Waals surface area (Å²) in [7, 11) is 0. The standard InChI is InChI=1S/C7H11N3O2/c1-5-2-7(10-9-5)6(8)3-12-4-11/h2,4,6H,3,8H2,1H3,(H,9,10). The van der Waals surface area contributed by atoms with Crippen LogP contribution in [0.4, 0.5) is 0 Å². The van der Waals surface area contributed by atoms with Crippen molar-refractivity contribution in [1.29, 1.82) is 0 Å². The van der Waals surface area contributed by atoms with Crippen LogP contribution in [0.3, 0.4) is 0 Å². The smallest absolute Gasteiger partial charge is 0.293 e. The summed E-state index contributed by atoms with van der Waals surface area (Å²) in [6, 6.07) is 1.47. The van der Waals surface area contributed by atoms with Gasteiger partial charge in [-0.2, -0.15) is 5.10 Å². The molecule has 1 atom stereocenters. The zero-order chi connectivity index (χ0) is 8.97. The number of ether oxygens (including phenoxy) is 1. The molecule has 5 nitrogen and oxygen atoms in total. The van der Waals surface area contributed by atoms with Crippen molar-refractivity contribution in [2.24, 2.45) is 5.73 Å². The van der Waals surface area contributed by atoms with Crippen LogP contribution in [0.25, 0.3) is 0 Å². The second kappa shape index (κ2) is 3.87. The number of nitrogens with one attached hydrogen (secondary N) is 1. The Morgan fingerprint density at radius 1 is 1.92 bits per heavy atom. The van der Waals surface area contributed by atoms with E-state index in [9.17, 15) is 4.79 Å². The van der Waals surface area contributed by atoms with Crippen molar-refractivity contribution < 1.29 is 9.53 Å². The number of nitrogens with two attached hydrogens (primary N) is 1. The lowest BCUT2D eigenvalue weighted by Gasteiger charge is -2.05. The Kier molecular flexibility index (Phi) is 2.82. The number of rotatable bonds is 4. The third kappa shape index (κ3) is 2.06. The molecule has 0 saturated carbocycles. The van der Waals surface area contributed by atoms with E-state index in [0.29, 0.717) is 12.2 Å². The molecule has 1 aromatic heterocycles. The second-order valence-corrected chi connectivity index (χ2v) is 2.51. The SMILES string of the molecule is Cc1cc(C(N)COC=O)n[nH]1. The quantitative estimate of drug-likeness (QED) is 0.616. The van der Waals surface area contributed by atoms with Gasteiger partial charge in [0.1, 0.15) is 6.61 Å². The minimum atomic E-state index is -0.347. The number of H-pyrrole nitrogens is 1. The first kappa shape index (κ1) is 8.73. The van der Waals surface area contributed by atoms with E-state index in [2.05, 4.69) is 14.9 Å². The predicted octanol–water partition coefficient (Wildman–Crippen LogP) is -0.109. The molecule has 1 heterocycles. The summed E-state index contributed by atoms with van der Waals surface area (Å²) in [6.45, 7) is 2.41. The topological polar surface area (TPSA) is 81.0 Å². The first-order valence-electron chi connectivity index (χ1n) is 3.56. The molecule has 0 saturated heterocycles. The Hall–Kier alpha value is -1.36. The fourth-order valence-corrected chi connectivity index (χ4v) is 0.857. The zero-order valence-corrected chi connectivity index (χ0v) is 6.78. The van der Waals surface area contributed by atoms with Crippen LogP contribution in [0.15, 0.2) is 6.07 Å². The molecular formula is C7H11N3O2. The van der Waals surface area contributed by atoms with E-state index in [4.69, 9.17) is 5.73 Å². The molecule has 0 amide bonds. The van der Waals surface area contributed by atoms with E-state index in [1.165, 1.54) is 0 Å². The molecule has 66 valence electrons. The lowest BCUT2D eigenvalue weighted by molar-refractivity contribution is -0.129. The third-order valence-electron chi connectivity index (χ3n) is 1.45. The predicted molar refractivity (Wildman–Crippen MR) is 42.3 cm³/mol. The Bertz CT molecular complexity index is 259. The summed E-state index contributed by atoms with van der Waals surface area (Å²) < 4.78 is 4.50. The normalized spacial score (nSPS) is 12.5. The van der Waals surface area contributed by atoms with Crippen molar-refractivity contribution in [2.75, 3.05) is 6.61 Å². The fourth-order valence-electron chi connectivity index (χ4n) is 0.857. The van der Waals surface area contributed by atoms with Crippen molar-refractivity contribution in [1.82, 2.24) is 10.2 Å². The minimum Gasteiger partial charge on any atom is -0.466 e. The van der Waals surface area contributed by atoms with Crippen LogP contribution in [0, 0.1) is 6.92 Å². The molecule has 0 aliphatic carbocycles. The van der Waals surface area contributed by atoms with Crippen LogP contribution >= 0.6 is 0 Å². The van der Waals surface area contributed by atoms with Crippen LogP contribution in [-0.4, -0.2) is 23.3 Å². The minimum absolute atomic E-state index is 0.161. The Balaban J connectivity index is 2.52. The number of nitrogens with zero attached hydrogens (tertiary/aromatic N) is 1. The van der Waals surface area contributed by atoms with E-state index in [-0.39, 0.29) is 12.6 Å². The number of hydrogen-bond acceptors (Lipinski definition) is 4. The van der Waals surface area contributed by atoms with Gasteiger partial charge in [0.05, 0.1) is 11.7 Å². The molecule has 12 heavy (non-hydrogen) atoms. The molecule has 0 bridgehead atoms. The van der Waals surface area contributed by atoms with Crippen molar-refractivity contribution in [2.45, 2.75) is 13.0 Å². The van der Waals surface area contributed by atoms with Crippen LogP contribution < -0.4 is 5.73 Å². The third-order valence-corrected chi connectivity index (χ3v) is 1.45. The van der Waals surface area contributed by atoms with Crippen molar-refractivity contribution in [3.63, 3.8) is 0 Å². The molecule has 0 radical (unpaired) electrons. The van der Waals surface area contributed by atoms with Gasteiger partial charge in [0.25, 0.3) is 6.47 Å². The monoisotopic (exact) mass is 169 g/mol. The van der Waals surface area contributed by atoms with E-state index < -0.39 is 0 Å². The van der Waals surface area contributed by atoms with Gasteiger partial charge in [-0.3, -0.25) is 9.89 Å². The molecule has 0 aromatic carbocycles. The molecule has 0 fully saturated rings. The molecule has 0 aliphatic heterocycles. The summed E-state index contributed by atoms with van der Waals surface area (Å²) in [4.78, 5) is 9.84. The molecule has 1 rings (SSSR count). The van der Waals surface area contributed by atoms with Gasteiger partial charge in [0, 0.05) is 5.69 Å². The van der Waals surface area contributed by atoms with Crippen molar-refractivity contribution in [3.05, 3.63) is 17.5 Å². The van der Waals surface area contributed by atoms with E-state index in [1.807, 2.05) is 13.0 Å².